The summed E-state index contributed by atoms with van der Waals surface area (Å²) in [7, 11) is 3.09. The molecule has 0 aliphatic heterocycles. The molecule has 9 nitrogen and oxygen atoms in total. The van der Waals surface area contributed by atoms with Crippen LogP contribution in [0.2, 0.25) is 0 Å². The predicted octanol–water partition coefficient (Wildman–Crippen LogP) is 2.12. The lowest BCUT2D eigenvalue weighted by Gasteiger charge is -2.10. The number of aryl methyl sites for hydroxylation is 1. The van der Waals surface area contributed by atoms with Gasteiger partial charge in [-0.05, 0) is 18.6 Å². The molecule has 0 aliphatic carbocycles. The van der Waals surface area contributed by atoms with Crippen molar-refractivity contribution in [3.05, 3.63) is 40.3 Å². The maximum Gasteiger partial charge on any atom is 0.252 e. The van der Waals surface area contributed by atoms with Gasteiger partial charge in [-0.3, -0.25) is 19.0 Å². The molecular weight excluding hydrogens is 382 g/mol. The number of methoxy groups -OCH3 is 2. The topological polar surface area (TPSA) is 111 Å². The normalized spacial score (nSPS) is 10.8. The molecule has 2 N–H and O–H groups in total. The lowest BCUT2D eigenvalue weighted by atomic mass is 10.2. The summed E-state index contributed by atoms with van der Waals surface area (Å²) in [6.45, 7) is 2.03. The van der Waals surface area contributed by atoms with E-state index in [4.69, 9.17) is 9.47 Å². The van der Waals surface area contributed by atoms with Crippen molar-refractivity contribution in [2.24, 2.45) is 0 Å². The molecule has 0 radical (unpaired) electrons. The van der Waals surface area contributed by atoms with Gasteiger partial charge in [-0.15, -0.1) is 10.2 Å². The number of hydrogen-bond donors (Lipinski definition) is 2. The van der Waals surface area contributed by atoms with Crippen molar-refractivity contribution in [2.45, 2.75) is 24.9 Å². The number of H-pyrrole nitrogens is 1. The highest BCUT2D eigenvalue weighted by Gasteiger charge is 2.14. The average molecular weight is 403 g/mol. The molecule has 2 aromatic heterocycles. The number of hydrogen-bond acceptors (Lipinski definition) is 7. The summed E-state index contributed by atoms with van der Waals surface area (Å²) in [5.41, 5.74) is 1.20. The molecule has 0 fully saturated rings. The molecule has 3 aromatic rings. The Morgan fingerprint density at radius 1 is 1.21 bits per heavy atom. The Kier molecular flexibility index (Phi) is 6.19. The first kappa shape index (κ1) is 19.7. The van der Waals surface area contributed by atoms with Crippen LogP contribution < -0.4 is 20.3 Å². The lowest BCUT2D eigenvalue weighted by molar-refractivity contribution is -0.113. The van der Waals surface area contributed by atoms with Crippen molar-refractivity contribution in [3.63, 3.8) is 0 Å². The first-order valence-electron chi connectivity index (χ1n) is 8.67. The van der Waals surface area contributed by atoms with E-state index >= 15 is 0 Å². The highest BCUT2D eigenvalue weighted by Crippen LogP contribution is 2.29. The number of aromatic amines is 1. The number of anilines is 1. The Balaban J connectivity index is 1.72. The maximum atomic E-state index is 12.3. The van der Waals surface area contributed by atoms with E-state index in [1.54, 1.807) is 29.7 Å². The van der Waals surface area contributed by atoms with Crippen LogP contribution in [0.3, 0.4) is 0 Å². The third-order valence-electron chi connectivity index (χ3n) is 3.96. The molecule has 1 amide bonds. The zero-order valence-electron chi connectivity index (χ0n) is 15.8. The molecule has 0 saturated carbocycles. The van der Waals surface area contributed by atoms with E-state index in [0.717, 1.165) is 12.1 Å². The Morgan fingerprint density at radius 2 is 2.00 bits per heavy atom. The minimum atomic E-state index is -0.217. The van der Waals surface area contributed by atoms with Crippen LogP contribution in [0, 0.1) is 0 Å². The maximum absolute atomic E-state index is 12.3. The van der Waals surface area contributed by atoms with Crippen LogP contribution in [0.15, 0.2) is 34.2 Å². The second kappa shape index (κ2) is 8.79. The molecule has 2 heterocycles. The number of fused-ring (bicyclic) bond motifs is 1. The molecular formula is C18H21N5O4S. The number of benzene rings is 1. The van der Waals surface area contributed by atoms with E-state index in [1.807, 2.05) is 6.92 Å². The van der Waals surface area contributed by atoms with Crippen LogP contribution >= 0.6 is 11.8 Å². The first-order chi connectivity index (χ1) is 13.5. The standard InChI is InChI=1S/C18H21N5O4S/c1-4-5-12-9-15(24)20-17-21-22-18(23(12)17)28-10-16(25)19-11-6-7-13(26-2)14(8-11)27-3/h6-9H,4-5,10H2,1-3H3,(H,19,25)(H,20,21,24). The fraction of sp³-hybridized carbons (Fsp3) is 0.333. The van der Waals surface area contributed by atoms with Gasteiger partial charge in [0.05, 0.1) is 20.0 Å². The molecule has 148 valence electrons. The second-order valence-corrected chi connectivity index (χ2v) is 6.87. The highest BCUT2D eigenvalue weighted by atomic mass is 32.2. The number of amides is 1. The van der Waals surface area contributed by atoms with Crippen molar-refractivity contribution in [2.75, 3.05) is 25.3 Å². The van der Waals surface area contributed by atoms with Gasteiger partial charge in [0.15, 0.2) is 16.7 Å². The van der Waals surface area contributed by atoms with Gasteiger partial charge in [0.1, 0.15) is 0 Å². The number of carbonyl (C=O) groups is 1. The average Bonchev–Trinajstić information content (AvgIpc) is 3.09. The zero-order valence-corrected chi connectivity index (χ0v) is 16.6. The Bertz CT molecular complexity index is 1050. The number of rotatable bonds is 8. The Labute approximate surface area is 165 Å². The quantitative estimate of drug-likeness (QED) is 0.554. The minimum absolute atomic E-state index is 0.139. The number of carbonyl (C=O) groups excluding carboxylic acids is 1. The smallest absolute Gasteiger partial charge is 0.252 e. The summed E-state index contributed by atoms with van der Waals surface area (Å²) in [5, 5.41) is 11.5. The monoisotopic (exact) mass is 403 g/mol. The molecule has 28 heavy (non-hydrogen) atoms. The zero-order chi connectivity index (χ0) is 20.1. The fourth-order valence-corrected chi connectivity index (χ4v) is 3.51. The van der Waals surface area contributed by atoms with Crippen molar-refractivity contribution in [3.8, 4) is 11.5 Å². The van der Waals surface area contributed by atoms with Gasteiger partial charge in [0.2, 0.25) is 11.7 Å². The summed E-state index contributed by atoms with van der Waals surface area (Å²) in [4.78, 5) is 26.7. The third kappa shape index (κ3) is 4.28. The van der Waals surface area contributed by atoms with Gasteiger partial charge < -0.3 is 14.8 Å². The van der Waals surface area contributed by atoms with Crippen LogP contribution in [0.4, 0.5) is 5.69 Å². The SMILES string of the molecule is CCCc1cc(=O)[nH]c2nnc(SCC(=O)Nc3ccc(OC)c(OC)c3)n12. The minimum Gasteiger partial charge on any atom is -0.493 e. The van der Waals surface area contributed by atoms with Gasteiger partial charge in [-0.2, -0.15) is 0 Å². The Morgan fingerprint density at radius 3 is 2.71 bits per heavy atom. The van der Waals surface area contributed by atoms with Crippen molar-refractivity contribution in [1.82, 2.24) is 19.6 Å². The summed E-state index contributed by atoms with van der Waals surface area (Å²) in [6, 6.07) is 6.69. The number of nitrogens with one attached hydrogen (secondary N) is 2. The number of ether oxygens (including phenoxy) is 2. The Hall–Kier alpha value is -3.01. The number of nitrogens with zero attached hydrogens (tertiary/aromatic N) is 3. The molecule has 0 spiro atoms. The van der Waals surface area contributed by atoms with Crippen molar-refractivity contribution < 1.29 is 14.3 Å². The largest absolute Gasteiger partial charge is 0.493 e. The molecule has 0 aliphatic rings. The van der Waals surface area contributed by atoms with Gasteiger partial charge in [0.25, 0.3) is 5.56 Å². The predicted molar refractivity (Wildman–Crippen MR) is 107 cm³/mol. The van der Waals surface area contributed by atoms with Gasteiger partial charge in [-0.1, -0.05) is 25.1 Å². The molecule has 0 unspecified atom stereocenters. The van der Waals surface area contributed by atoms with Crippen LogP contribution in [0.5, 0.6) is 11.5 Å². The summed E-state index contributed by atoms with van der Waals surface area (Å²) >= 11 is 1.25. The van der Waals surface area contributed by atoms with E-state index in [0.29, 0.717) is 34.5 Å². The fourth-order valence-electron chi connectivity index (χ4n) is 2.75. The van der Waals surface area contributed by atoms with Gasteiger partial charge in [0, 0.05) is 23.5 Å². The van der Waals surface area contributed by atoms with E-state index < -0.39 is 0 Å². The number of thioether (sulfide) groups is 1. The summed E-state index contributed by atoms with van der Waals surface area (Å²) < 4.78 is 12.2. The molecule has 1 aromatic carbocycles. The molecule has 0 saturated heterocycles. The van der Waals surface area contributed by atoms with E-state index in [9.17, 15) is 9.59 Å². The third-order valence-corrected chi connectivity index (χ3v) is 4.89. The van der Waals surface area contributed by atoms with Crippen molar-refractivity contribution in [1.29, 1.82) is 0 Å². The van der Waals surface area contributed by atoms with Gasteiger partial charge >= 0.3 is 0 Å². The molecule has 0 atom stereocenters. The van der Waals surface area contributed by atoms with E-state index in [1.165, 1.54) is 24.9 Å². The molecule has 3 rings (SSSR count). The van der Waals surface area contributed by atoms with Crippen molar-refractivity contribution >= 4 is 29.1 Å². The van der Waals surface area contributed by atoms with Crippen LogP contribution in [-0.2, 0) is 11.2 Å². The van der Waals surface area contributed by atoms with Crippen LogP contribution in [0.1, 0.15) is 19.0 Å². The van der Waals surface area contributed by atoms with Crippen LogP contribution in [0.25, 0.3) is 5.78 Å². The number of aromatic nitrogens is 4. The van der Waals surface area contributed by atoms with E-state index in [2.05, 4.69) is 20.5 Å². The molecule has 0 bridgehead atoms. The summed E-state index contributed by atoms with van der Waals surface area (Å²) in [6.07, 6.45) is 1.59. The first-order valence-corrected chi connectivity index (χ1v) is 9.66. The van der Waals surface area contributed by atoms with Gasteiger partial charge in [-0.25, -0.2) is 0 Å². The van der Waals surface area contributed by atoms with Crippen LogP contribution in [-0.4, -0.2) is 45.5 Å². The second-order valence-electron chi connectivity index (χ2n) is 5.92. The molecule has 10 heteroatoms. The summed E-state index contributed by atoms with van der Waals surface area (Å²) in [5.74, 6) is 1.43. The lowest BCUT2D eigenvalue weighted by Crippen LogP contribution is -2.15. The highest BCUT2D eigenvalue weighted by molar-refractivity contribution is 7.99. The van der Waals surface area contributed by atoms with E-state index in [-0.39, 0.29) is 17.2 Å².